The monoisotopic (exact) mass is 289 g/mol. The van der Waals surface area contributed by atoms with Gasteiger partial charge in [-0.3, -0.25) is 9.59 Å². The van der Waals surface area contributed by atoms with Crippen LogP contribution < -0.4 is 0 Å². The topological polar surface area (TPSA) is 63.7 Å². The number of benzene rings is 1. The van der Waals surface area contributed by atoms with E-state index < -0.39 is 12.0 Å². The van der Waals surface area contributed by atoms with Crippen LogP contribution in [0.25, 0.3) is 0 Å². The quantitative estimate of drug-likeness (QED) is 0.797. The van der Waals surface area contributed by atoms with Crippen LogP contribution in [0.3, 0.4) is 0 Å². The van der Waals surface area contributed by atoms with E-state index in [-0.39, 0.29) is 31.1 Å². The van der Waals surface area contributed by atoms with Gasteiger partial charge in [-0.2, -0.15) is 0 Å². The summed E-state index contributed by atoms with van der Waals surface area (Å²) in [5.41, 5.74) is 0.903. The molecule has 0 aromatic heterocycles. The lowest BCUT2D eigenvalue weighted by Crippen LogP contribution is -2.46. The lowest BCUT2D eigenvalue weighted by molar-refractivity contribution is -0.135. The number of carbonyl (C=O) groups is 3. The molecule has 5 heteroatoms. The number of rotatable bonds is 4. The summed E-state index contributed by atoms with van der Waals surface area (Å²) in [6, 6.07) is 9.38. The van der Waals surface area contributed by atoms with Crippen molar-refractivity contribution >= 4 is 17.7 Å². The molecule has 1 unspecified atom stereocenters. The van der Waals surface area contributed by atoms with Crippen LogP contribution in [0.15, 0.2) is 30.3 Å². The highest BCUT2D eigenvalue weighted by Crippen LogP contribution is 2.16. The molecule has 1 aromatic rings. The van der Waals surface area contributed by atoms with Crippen LogP contribution in [0.4, 0.5) is 4.79 Å². The second kappa shape index (κ2) is 7.02. The van der Waals surface area contributed by atoms with E-state index in [0.29, 0.717) is 13.0 Å². The Bertz CT molecular complexity index is 518. The van der Waals surface area contributed by atoms with Crippen molar-refractivity contribution in [1.29, 1.82) is 0 Å². The molecule has 2 rings (SSSR count). The molecule has 0 radical (unpaired) electrons. The van der Waals surface area contributed by atoms with Crippen molar-refractivity contribution in [3.8, 4) is 0 Å². The summed E-state index contributed by atoms with van der Waals surface area (Å²) in [6.45, 7) is 2.37. The molecule has 0 spiro atoms. The fourth-order valence-electron chi connectivity index (χ4n) is 2.34. The average molecular weight is 289 g/mol. The molecule has 0 saturated carbocycles. The zero-order valence-corrected chi connectivity index (χ0v) is 12.1. The van der Waals surface area contributed by atoms with Crippen molar-refractivity contribution < 1.29 is 19.1 Å². The standard InChI is InChI=1S/C16H19NO4/c1-2-14(18)13-10-17(9-8-15(13)19)16(20)21-11-12-6-4-3-5-7-12/h3-7,13H,2,8-11H2,1H3. The lowest BCUT2D eigenvalue weighted by Gasteiger charge is -2.30. The van der Waals surface area contributed by atoms with E-state index in [0.717, 1.165) is 5.56 Å². The number of hydrogen-bond acceptors (Lipinski definition) is 4. The Hall–Kier alpha value is -2.17. The van der Waals surface area contributed by atoms with Crippen LogP contribution in [0.2, 0.25) is 0 Å². The summed E-state index contributed by atoms with van der Waals surface area (Å²) < 4.78 is 5.23. The minimum absolute atomic E-state index is 0.0750. The van der Waals surface area contributed by atoms with Gasteiger partial charge in [0.05, 0.1) is 5.92 Å². The number of ether oxygens (including phenoxy) is 1. The smallest absolute Gasteiger partial charge is 0.410 e. The fraction of sp³-hybridized carbons (Fsp3) is 0.438. The highest BCUT2D eigenvalue weighted by molar-refractivity contribution is 6.03. The second-order valence-corrected chi connectivity index (χ2v) is 5.07. The highest BCUT2D eigenvalue weighted by Gasteiger charge is 2.34. The molecule has 1 atom stereocenters. The number of amides is 1. The first-order chi connectivity index (χ1) is 10.1. The predicted octanol–water partition coefficient (Wildman–Crippen LogP) is 2.19. The molecule has 1 aromatic carbocycles. The number of carbonyl (C=O) groups excluding carboxylic acids is 3. The first kappa shape index (κ1) is 15.2. The molecule has 0 aliphatic carbocycles. The van der Waals surface area contributed by atoms with E-state index in [9.17, 15) is 14.4 Å². The summed E-state index contributed by atoms with van der Waals surface area (Å²) >= 11 is 0. The Morgan fingerprint density at radius 2 is 2.00 bits per heavy atom. The summed E-state index contributed by atoms with van der Waals surface area (Å²) in [5.74, 6) is -0.873. The van der Waals surface area contributed by atoms with Crippen molar-refractivity contribution in [1.82, 2.24) is 4.90 Å². The molecule has 1 aliphatic rings. The predicted molar refractivity (Wildman–Crippen MR) is 76.6 cm³/mol. The molecule has 5 nitrogen and oxygen atoms in total. The van der Waals surface area contributed by atoms with Crippen molar-refractivity contribution in [3.63, 3.8) is 0 Å². The summed E-state index contributed by atoms with van der Waals surface area (Å²) in [4.78, 5) is 36.9. The third kappa shape index (κ3) is 3.90. The van der Waals surface area contributed by atoms with Gasteiger partial charge in [0.25, 0.3) is 0 Å². The summed E-state index contributed by atoms with van der Waals surface area (Å²) in [6.07, 6.45) is 0.0559. The second-order valence-electron chi connectivity index (χ2n) is 5.07. The third-order valence-corrected chi connectivity index (χ3v) is 3.62. The van der Waals surface area contributed by atoms with Crippen LogP contribution in [0, 0.1) is 5.92 Å². The van der Waals surface area contributed by atoms with Crippen LogP contribution >= 0.6 is 0 Å². The van der Waals surface area contributed by atoms with E-state index >= 15 is 0 Å². The van der Waals surface area contributed by atoms with E-state index in [2.05, 4.69) is 0 Å². The molecule has 1 amide bonds. The maximum atomic E-state index is 12.0. The van der Waals surface area contributed by atoms with Crippen molar-refractivity contribution in [2.45, 2.75) is 26.4 Å². The first-order valence-corrected chi connectivity index (χ1v) is 7.13. The minimum atomic E-state index is -0.687. The van der Waals surface area contributed by atoms with Crippen LogP contribution in [0.5, 0.6) is 0 Å². The Labute approximate surface area is 123 Å². The zero-order valence-electron chi connectivity index (χ0n) is 12.1. The van der Waals surface area contributed by atoms with Gasteiger partial charge >= 0.3 is 6.09 Å². The Kier molecular flexibility index (Phi) is 5.09. The molecule has 112 valence electrons. The number of Topliss-reactive ketones (excluding diaryl/α,β-unsaturated/α-hetero) is 2. The third-order valence-electron chi connectivity index (χ3n) is 3.62. The van der Waals surface area contributed by atoms with Gasteiger partial charge in [0.2, 0.25) is 0 Å². The Morgan fingerprint density at radius 1 is 1.29 bits per heavy atom. The van der Waals surface area contributed by atoms with Crippen LogP contribution in [-0.4, -0.2) is 35.6 Å². The van der Waals surface area contributed by atoms with Gasteiger partial charge in [0.1, 0.15) is 18.2 Å². The van der Waals surface area contributed by atoms with E-state index in [4.69, 9.17) is 4.74 Å². The summed E-state index contributed by atoms with van der Waals surface area (Å²) in [5, 5.41) is 0. The normalized spacial score (nSPS) is 18.4. The molecule has 1 saturated heterocycles. The van der Waals surface area contributed by atoms with Crippen molar-refractivity contribution in [2.24, 2.45) is 5.92 Å². The van der Waals surface area contributed by atoms with E-state index in [1.165, 1.54) is 4.90 Å². The number of hydrogen-bond donors (Lipinski definition) is 0. The van der Waals surface area contributed by atoms with Gasteiger partial charge in [0.15, 0.2) is 0 Å². The number of nitrogens with zero attached hydrogens (tertiary/aromatic N) is 1. The molecule has 1 aliphatic heterocycles. The zero-order chi connectivity index (χ0) is 15.2. The molecule has 0 N–H and O–H groups in total. The number of piperidine rings is 1. The van der Waals surface area contributed by atoms with Crippen LogP contribution in [0.1, 0.15) is 25.3 Å². The van der Waals surface area contributed by atoms with E-state index in [1.54, 1.807) is 6.92 Å². The maximum Gasteiger partial charge on any atom is 0.410 e. The Balaban J connectivity index is 1.90. The SMILES string of the molecule is CCC(=O)C1CN(C(=O)OCc2ccccc2)CCC1=O. The fourth-order valence-corrected chi connectivity index (χ4v) is 2.34. The van der Waals surface area contributed by atoms with Crippen LogP contribution in [-0.2, 0) is 20.9 Å². The van der Waals surface area contributed by atoms with Crippen molar-refractivity contribution in [2.75, 3.05) is 13.1 Å². The van der Waals surface area contributed by atoms with Crippen molar-refractivity contribution in [3.05, 3.63) is 35.9 Å². The highest BCUT2D eigenvalue weighted by atomic mass is 16.6. The average Bonchev–Trinajstić information content (AvgIpc) is 2.53. The van der Waals surface area contributed by atoms with Gasteiger partial charge in [0, 0.05) is 25.9 Å². The Morgan fingerprint density at radius 3 is 2.67 bits per heavy atom. The number of likely N-dealkylation sites (tertiary alicyclic amines) is 1. The molecule has 1 heterocycles. The molecule has 1 fully saturated rings. The molecular weight excluding hydrogens is 270 g/mol. The van der Waals surface area contributed by atoms with Gasteiger partial charge in [-0.05, 0) is 5.56 Å². The first-order valence-electron chi connectivity index (χ1n) is 7.13. The van der Waals surface area contributed by atoms with Gasteiger partial charge in [-0.25, -0.2) is 4.79 Å². The van der Waals surface area contributed by atoms with Gasteiger partial charge in [-0.15, -0.1) is 0 Å². The van der Waals surface area contributed by atoms with Gasteiger partial charge in [-0.1, -0.05) is 37.3 Å². The molecule has 0 bridgehead atoms. The number of ketones is 2. The maximum absolute atomic E-state index is 12.0. The lowest BCUT2D eigenvalue weighted by atomic mass is 9.91. The van der Waals surface area contributed by atoms with E-state index in [1.807, 2.05) is 30.3 Å². The minimum Gasteiger partial charge on any atom is -0.445 e. The largest absolute Gasteiger partial charge is 0.445 e. The summed E-state index contributed by atoms with van der Waals surface area (Å²) in [7, 11) is 0. The van der Waals surface area contributed by atoms with Gasteiger partial charge < -0.3 is 9.64 Å². The molecule has 21 heavy (non-hydrogen) atoms. The molecular formula is C16H19NO4.